The molecule has 6 N–H and O–H groups in total. The zero-order valence-corrected chi connectivity index (χ0v) is 23.1. The zero-order valence-electron chi connectivity index (χ0n) is 23.1. The number of quaternary nitrogens is 2. The molecule has 4 amide bonds. The number of carbonyl (C=O) groups is 6. The Labute approximate surface area is 241 Å². The summed E-state index contributed by atoms with van der Waals surface area (Å²) >= 11 is 0. The van der Waals surface area contributed by atoms with E-state index in [0.717, 1.165) is 9.80 Å². The van der Waals surface area contributed by atoms with E-state index >= 15 is 0 Å². The molecule has 42 heavy (non-hydrogen) atoms. The van der Waals surface area contributed by atoms with Crippen LogP contribution >= 0.6 is 0 Å². The van der Waals surface area contributed by atoms with Crippen LogP contribution in [-0.2, 0) is 38.2 Å². The van der Waals surface area contributed by atoms with Crippen molar-refractivity contribution in [1.82, 2.24) is 19.6 Å². The molecule has 0 saturated carbocycles. The van der Waals surface area contributed by atoms with E-state index in [-0.39, 0.29) is 39.3 Å². The Morgan fingerprint density at radius 2 is 0.905 bits per heavy atom. The Bertz CT molecular complexity index is 1190. The summed E-state index contributed by atoms with van der Waals surface area (Å²) in [5.74, 6) is -3.44. The molecule has 0 aliphatic carbocycles. The average Bonchev–Trinajstić information content (AvgIpc) is 2.99. The van der Waals surface area contributed by atoms with Crippen LogP contribution in [0.2, 0.25) is 0 Å². The molecular formula is C28H34N6O8+2. The molecule has 2 saturated heterocycles. The highest BCUT2D eigenvalue weighted by Crippen LogP contribution is 2.13. The van der Waals surface area contributed by atoms with Gasteiger partial charge >= 0.3 is 11.9 Å². The third kappa shape index (κ3) is 7.61. The summed E-state index contributed by atoms with van der Waals surface area (Å²) in [4.78, 5) is 80.1. The van der Waals surface area contributed by atoms with Crippen LogP contribution in [0.1, 0.15) is 23.2 Å². The Kier molecular flexibility index (Phi) is 10.1. The van der Waals surface area contributed by atoms with Crippen LogP contribution < -0.4 is 11.5 Å². The summed E-state index contributed by atoms with van der Waals surface area (Å²) in [6.45, 7) is -0.894. The van der Waals surface area contributed by atoms with E-state index in [9.17, 15) is 28.8 Å². The van der Waals surface area contributed by atoms with Gasteiger partial charge in [0.1, 0.15) is 0 Å². The molecule has 2 fully saturated rings. The van der Waals surface area contributed by atoms with Gasteiger partial charge in [0.05, 0.1) is 26.2 Å². The Morgan fingerprint density at radius 1 is 0.595 bits per heavy atom. The molecule has 14 heteroatoms. The van der Waals surface area contributed by atoms with E-state index < -0.39 is 61.1 Å². The minimum atomic E-state index is -0.800. The second-order valence-electron chi connectivity index (χ2n) is 9.96. The number of hydrogen-bond acceptors (Lipinski definition) is 10. The van der Waals surface area contributed by atoms with Gasteiger partial charge in [0.25, 0.3) is 0 Å². The van der Waals surface area contributed by atoms with Gasteiger partial charge in [0.15, 0.2) is 13.5 Å². The number of piperazine rings is 2. The molecule has 2 aliphatic heterocycles. The van der Waals surface area contributed by atoms with Gasteiger partial charge in [-0.25, -0.2) is 19.4 Å². The first-order chi connectivity index (χ1) is 20.1. The molecule has 2 aromatic rings. The van der Waals surface area contributed by atoms with Crippen molar-refractivity contribution in [3.05, 3.63) is 71.8 Å². The van der Waals surface area contributed by atoms with Crippen LogP contribution in [0, 0.1) is 0 Å². The van der Waals surface area contributed by atoms with Crippen molar-refractivity contribution in [3.8, 4) is 0 Å². The second kappa shape index (κ2) is 13.9. The van der Waals surface area contributed by atoms with Crippen molar-refractivity contribution in [3.63, 3.8) is 0 Å². The predicted octanol–water partition coefficient (Wildman–Crippen LogP) is -2.70. The Morgan fingerprint density at radius 3 is 1.21 bits per heavy atom. The van der Waals surface area contributed by atoms with Gasteiger partial charge in [0, 0.05) is 24.2 Å². The van der Waals surface area contributed by atoms with E-state index in [1.54, 1.807) is 70.5 Å². The lowest BCUT2D eigenvalue weighted by atomic mass is 10.1. The standard InChI is InChI=1S/C28H32N6O8/c29-25(19-7-3-1-4-8-19)27(39)41-17-33-21(35)13-31(14-22(33)36)11-12-32-15-23(37)34(24(38)16-32)18-42-28(40)26(30)20-9-5-2-6-10-20/h1-10,25-26H,11-18,29-30H2/p+2. The SMILES string of the molecule is [NH3+]C(C(=O)OCN1C(=O)CN(CCN2CC(=O)N(COC(=O)C([NH3+])c3ccccc3)C(=O)C2)CC1=O)c1ccccc1. The number of nitrogens with zero attached hydrogens (tertiary/aromatic N) is 4. The Hall–Kier alpha value is -4.50. The molecule has 0 aromatic heterocycles. The highest BCUT2D eigenvalue weighted by Gasteiger charge is 2.35. The summed E-state index contributed by atoms with van der Waals surface area (Å²) < 4.78 is 10.3. The lowest BCUT2D eigenvalue weighted by molar-refractivity contribution is -0.415. The van der Waals surface area contributed by atoms with Gasteiger partial charge < -0.3 is 20.9 Å². The highest BCUT2D eigenvalue weighted by molar-refractivity contribution is 6.00. The average molecular weight is 583 g/mol. The fraction of sp³-hybridized carbons (Fsp3) is 0.357. The minimum absolute atomic E-state index is 0.0960. The van der Waals surface area contributed by atoms with Gasteiger partial charge in [-0.1, -0.05) is 60.7 Å². The summed E-state index contributed by atoms with van der Waals surface area (Å²) in [6.07, 6.45) is 0. The van der Waals surface area contributed by atoms with Crippen LogP contribution in [0.15, 0.2) is 60.7 Å². The topological polar surface area (TPSA) is 189 Å². The van der Waals surface area contributed by atoms with E-state index in [1.165, 1.54) is 0 Å². The molecule has 0 spiro atoms. The first kappa shape index (κ1) is 30.5. The zero-order chi connectivity index (χ0) is 30.2. The fourth-order valence-electron chi connectivity index (χ4n) is 4.48. The van der Waals surface area contributed by atoms with E-state index in [0.29, 0.717) is 11.1 Å². The predicted molar refractivity (Wildman–Crippen MR) is 143 cm³/mol. The third-order valence-electron chi connectivity index (χ3n) is 7.02. The van der Waals surface area contributed by atoms with Crippen molar-refractivity contribution in [2.24, 2.45) is 0 Å². The van der Waals surface area contributed by atoms with Gasteiger partial charge in [0.2, 0.25) is 35.7 Å². The summed E-state index contributed by atoms with van der Waals surface area (Å²) in [5, 5.41) is 0. The van der Waals surface area contributed by atoms with Crippen LogP contribution in [-0.4, -0.2) is 108 Å². The van der Waals surface area contributed by atoms with Gasteiger partial charge in [-0.05, 0) is 0 Å². The number of rotatable bonds is 11. The number of ether oxygens (including phenoxy) is 2. The normalized spacial score (nSPS) is 18.1. The van der Waals surface area contributed by atoms with E-state index in [2.05, 4.69) is 11.5 Å². The van der Waals surface area contributed by atoms with Crippen LogP contribution in [0.5, 0.6) is 0 Å². The molecule has 2 heterocycles. The first-order valence-electron chi connectivity index (χ1n) is 13.3. The number of carbonyl (C=O) groups excluding carboxylic acids is 6. The van der Waals surface area contributed by atoms with Crippen molar-refractivity contribution in [2.75, 3.05) is 52.7 Å². The van der Waals surface area contributed by atoms with Crippen LogP contribution in [0.4, 0.5) is 0 Å². The third-order valence-corrected chi connectivity index (χ3v) is 7.02. The Balaban J connectivity index is 1.19. The van der Waals surface area contributed by atoms with Gasteiger partial charge in [-0.2, -0.15) is 0 Å². The first-order valence-corrected chi connectivity index (χ1v) is 13.3. The molecule has 2 atom stereocenters. The summed E-state index contributed by atoms with van der Waals surface area (Å²) in [6, 6.07) is 16.0. The molecule has 14 nitrogen and oxygen atoms in total. The van der Waals surface area contributed by atoms with E-state index in [1.807, 2.05) is 0 Å². The highest BCUT2D eigenvalue weighted by atomic mass is 16.6. The number of esters is 2. The van der Waals surface area contributed by atoms with Gasteiger partial charge in [-0.15, -0.1) is 0 Å². The number of imide groups is 2. The molecule has 222 valence electrons. The maximum Gasteiger partial charge on any atom is 0.371 e. The summed E-state index contributed by atoms with van der Waals surface area (Å²) in [5.41, 5.74) is 8.89. The number of hydrogen-bond donors (Lipinski definition) is 2. The lowest BCUT2D eigenvalue weighted by Gasteiger charge is -2.35. The fourth-order valence-corrected chi connectivity index (χ4v) is 4.48. The molecule has 0 radical (unpaired) electrons. The van der Waals surface area contributed by atoms with Gasteiger partial charge in [-0.3, -0.25) is 29.0 Å². The monoisotopic (exact) mass is 582 g/mol. The molecule has 2 unspecified atom stereocenters. The van der Waals surface area contributed by atoms with Crippen molar-refractivity contribution < 1.29 is 49.7 Å². The van der Waals surface area contributed by atoms with Crippen LogP contribution in [0.3, 0.4) is 0 Å². The minimum Gasteiger partial charge on any atom is -0.439 e. The van der Waals surface area contributed by atoms with E-state index in [4.69, 9.17) is 9.47 Å². The number of benzene rings is 2. The molecule has 4 rings (SSSR count). The maximum atomic E-state index is 12.6. The lowest BCUT2D eigenvalue weighted by Crippen LogP contribution is -2.60. The molecular weight excluding hydrogens is 548 g/mol. The molecule has 0 bridgehead atoms. The molecule has 2 aromatic carbocycles. The van der Waals surface area contributed by atoms with Crippen LogP contribution in [0.25, 0.3) is 0 Å². The van der Waals surface area contributed by atoms with Crippen molar-refractivity contribution in [2.45, 2.75) is 12.1 Å². The maximum absolute atomic E-state index is 12.6. The second-order valence-corrected chi connectivity index (χ2v) is 9.96. The quantitative estimate of drug-likeness (QED) is 0.208. The largest absolute Gasteiger partial charge is 0.439 e. The van der Waals surface area contributed by atoms with Crippen molar-refractivity contribution >= 4 is 35.6 Å². The summed E-state index contributed by atoms with van der Waals surface area (Å²) in [7, 11) is 0. The smallest absolute Gasteiger partial charge is 0.371 e. The number of amides is 4. The van der Waals surface area contributed by atoms with Crippen molar-refractivity contribution in [1.29, 1.82) is 0 Å². The molecule has 2 aliphatic rings.